The summed E-state index contributed by atoms with van der Waals surface area (Å²) in [6, 6.07) is 10.4. The topological polar surface area (TPSA) is 60.6 Å². The summed E-state index contributed by atoms with van der Waals surface area (Å²) in [6.45, 7) is 9.99. The Bertz CT molecular complexity index is 2000. The molecule has 46 heavy (non-hydrogen) atoms. The largest absolute Gasteiger partial charge is 0.416 e. The number of aromatic nitrogens is 3. The molecule has 0 saturated heterocycles. The fourth-order valence-electron chi connectivity index (χ4n) is 7.93. The molecule has 0 spiro atoms. The first-order valence-electron chi connectivity index (χ1n) is 15.1. The number of nitrogens with one attached hydrogen (secondary N) is 1. The Hall–Kier alpha value is -4.30. The van der Waals surface area contributed by atoms with Crippen LogP contribution >= 0.6 is 0 Å². The van der Waals surface area contributed by atoms with Gasteiger partial charge in [-0.1, -0.05) is 44.2 Å². The highest BCUT2D eigenvalue weighted by atomic mass is 19.4. The van der Waals surface area contributed by atoms with Gasteiger partial charge < -0.3 is 4.98 Å². The molecule has 11 heteroatoms. The van der Waals surface area contributed by atoms with E-state index in [2.05, 4.69) is 50.0 Å². The van der Waals surface area contributed by atoms with Crippen molar-refractivity contribution in [1.82, 2.24) is 19.7 Å². The average molecular weight is 636 g/mol. The number of hydrogen-bond acceptors (Lipinski definition) is 3. The first kappa shape index (κ1) is 30.4. The number of fused-ring (bicyclic) bond motifs is 10. The van der Waals surface area contributed by atoms with E-state index in [-0.39, 0.29) is 30.6 Å². The van der Waals surface area contributed by atoms with E-state index < -0.39 is 34.4 Å². The summed E-state index contributed by atoms with van der Waals surface area (Å²) in [5.41, 5.74) is 4.23. The number of H-pyrrole nitrogens is 1. The molecule has 1 N–H and O–H groups in total. The third-order valence-electron chi connectivity index (χ3n) is 10.2. The van der Waals surface area contributed by atoms with Crippen LogP contribution < -0.4 is 0 Å². The Morgan fingerprint density at radius 2 is 1.78 bits per heavy atom. The molecular weight excluding hydrogens is 604 g/mol. The normalized spacial score (nSPS) is 21.5. The van der Waals surface area contributed by atoms with E-state index in [1.54, 1.807) is 6.20 Å². The number of rotatable bonds is 3. The number of alkyl halides is 6. The number of nitriles is 1. The molecule has 0 bridgehead atoms. The van der Waals surface area contributed by atoms with Crippen molar-refractivity contribution < 1.29 is 26.3 Å². The molecule has 2 aromatic carbocycles. The first-order valence-corrected chi connectivity index (χ1v) is 15.1. The summed E-state index contributed by atoms with van der Waals surface area (Å²) in [5, 5.41) is 15.4. The number of allylic oxidation sites excluding steroid dienone is 2. The van der Waals surface area contributed by atoms with Crippen molar-refractivity contribution >= 4 is 5.57 Å². The average Bonchev–Trinajstić information content (AvgIpc) is 3.66. The zero-order valence-corrected chi connectivity index (χ0v) is 25.9. The second-order valence-electron chi connectivity index (χ2n) is 13.1. The van der Waals surface area contributed by atoms with Gasteiger partial charge >= 0.3 is 12.4 Å². The summed E-state index contributed by atoms with van der Waals surface area (Å²) in [7, 11) is 0. The van der Waals surface area contributed by atoms with Crippen LogP contribution in [0.4, 0.5) is 26.3 Å². The van der Waals surface area contributed by atoms with Crippen molar-refractivity contribution in [2.45, 2.75) is 83.4 Å². The van der Waals surface area contributed by atoms with Gasteiger partial charge in [0.05, 0.1) is 44.7 Å². The van der Waals surface area contributed by atoms with Crippen molar-refractivity contribution in [1.29, 1.82) is 5.26 Å². The van der Waals surface area contributed by atoms with Crippen LogP contribution in [-0.2, 0) is 42.8 Å². The predicted molar refractivity (Wildman–Crippen MR) is 160 cm³/mol. The summed E-state index contributed by atoms with van der Waals surface area (Å²) in [4.78, 5) is 5.16. The highest BCUT2D eigenvalue weighted by Crippen LogP contribution is 2.59. The molecular formula is C35H31F6N5. The summed E-state index contributed by atoms with van der Waals surface area (Å²) < 4.78 is 84.6. The molecule has 0 amide bonds. The molecule has 2 aromatic heterocycles. The molecule has 2 aliphatic heterocycles. The smallest absolute Gasteiger partial charge is 0.363 e. The van der Waals surface area contributed by atoms with Crippen LogP contribution in [0.15, 0.2) is 48.7 Å². The standard InChI is InChI=1S/C35H31F6N5/c1-6-19-8-7-9-23-26-12-18(2)28-27(21(14-42)15-43-28)33(26,5)31-24-17-45(32(3,4)30(24)44-46(31)29(19)23)16-20-10-11-22(34(36,37)38)13-25(20)35(39,40)41/h7-13,15,18,43H,6,16-17H2,1-5H3. The van der Waals surface area contributed by atoms with E-state index in [0.29, 0.717) is 17.3 Å². The summed E-state index contributed by atoms with van der Waals surface area (Å²) in [5.74, 6) is -0.00535. The van der Waals surface area contributed by atoms with Gasteiger partial charge in [-0.15, -0.1) is 0 Å². The van der Waals surface area contributed by atoms with E-state index in [1.807, 2.05) is 29.5 Å². The lowest BCUT2D eigenvalue weighted by Crippen LogP contribution is -2.39. The molecule has 238 valence electrons. The Kier molecular flexibility index (Phi) is 6.34. The van der Waals surface area contributed by atoms with Crippen molar-refractivity contribution in [3.63, 3.8) is 0 Å². The lowest BCUT2D eigenvalue weighted by molar-refractivity contribution is -0.143. The quantitative estimate of drug-likeness (QED) is 0.229. The van der Waals surface area contributed by atoms with E-state index in [1.165, 1.54) is 0 Å². The molecule has 0 saturated carbocycles. The molecule has 5 nitrogen and oxygen atoms in total. The molecule has 0 radical (unpaired) electrons. The van der Waals surface area contributed by atoms with E-state index in [4.69, 9.17) is 5.10 Å². The maximum Gasteiger partial charge on any atom is 0.416 e. The number of hydrogen-bond donors (Lipinski definition) is 1. The van der Waals surface area contributed by atoms with Crippen molar-refractivity contribution in [3.05, 3.63) is 110 Å². The fraction of sp³-hybridized carbons (Fsp3) is 0.371. The van der Waals surface area contributed by atoms with Crippen LogP contribution in [-0.4, -0.2) is 19.7 Å². The molecule has 1 aliphatic carbocycles. The third-order valence-corrected chi connectivity index (χ3v) is 10.2. The maximum atomic E-state index is 14.1. The van der Waals surface area contributed by atoms with Crippen LogP contribution in [0.5, 0.6) is 0 Å². The third kappa shape index (κ3) is 4.01. The Balaban J connectivity index is 1.43. The van der Waals surface area contributed by atoms with E-state index in [9.17, 15) is 31.6 Å². The Morgan fingerprint density at radius 3 is 2.43 bits per heavy atom. The Labute approximate surface area is 262 Å². The molecule has 0 fully saturated rings. The Morgan fingerprint density at radius 1 is 1.04 bits per heavy atom. The zero-order chi connectivity index (χ0) is 33.1. The van der Waals surface area contributed by atoms with Gasteiger partial charge in [0.15, 0.2) is 0 Å². The number of halogens is 6. The van der Waals surface area contributed by atoms with Crippen LogP contribution in [0.25, 0.3) is 11.3 Å². The van der Waals surface area contributed by atoms with Gasteiger partial charge in [0.25, 0.3) is 0 Å². The van der Waals surface area contributed by atoms with Crippen molar-refractivity contribution in [3.8, 4) is 11.8 Å². The summed E-state index contributed by atoms with van der Waals surface area (Å²) in [6.07, 6.45) is -5.19. The molecule has 3 aliphatic rings. The van der Waals surface area contributed by atoms with Gasteiger partial charge in [-0.05, 0) is 56.0 Å². The van der Waals surface area contributed by atoms with Gasteiger partial charge in [0.1, 0.15) is 6.07 Å². The molecule has 4 heterocycles. The predicted octanol–water partition coefficient (Wildman–Crippen LogP) is 8.74. The number of aryl methyl sites for hydroxylation is 1. The second-order valence-corrected chi connectivity index (χ2v) is 13.1. The minimum absolute atomic E-state index is 0.00535. The minimum Gasteiger partial charge on any atom is -0.363 e. The number of nitrogens with zero attached hydrogens (tertiary/aromatic N) is 4. The first-order chi connectivity index (χ1) is 21.5. The highest BCUT2D eigenvalue weighted by molar-refractivity contribution is 5.90. The second kappa shape index (κ2) is 9.61. The maximum absolute atomic E-state index is 14.1. The number of aromatic amines is 1. The SMILES string of the molecule is CCc1cccc2c1-n1nc3c(c1C1(C)C2=CC(C)c2[nH]cc(C#N)c21)CN(Cc1ccc(C(F)(F)F)cc1C(F)(F)F)C3(C)C. The highest BCUT2D eigenvalue weighted by Gasteiger charge is 2.54. The number of benzene rings is 2. The van der Waals surface area contributed by atoms with Crippen LogP contribution in [0.2, 0.25) is 0 Å². The summed E-state index contributed by atoms with van der Waals surface area (Å²) >= 11 is 0. The van der Waals surface area contributed by atoms with Crippen LogP contribution in [0, 0.1) is 11.3 Å². The minimum atomic E-state index is -4.97. The van der Waals surface area contributed by atoms with Crippen LogP contribution in [0.3, 0.4) is 0 Å². The van der Waals surface area contributed by atoms with Crippen LogP contribution in [0.1, 0.15) is 102 Å². The lowest BCUT2D eigenvalue weighted by Gasteiger charge is -2.43. The van der Waals surface area contributed by atoms with Gasteiger partial charge in [-0.2, -0.15) is 36.7 Å². The van der Waals surface area contributed by atoms with Gasteiger partial charge in [-0.25, -0.2) is 4.68 Å². The lowest BCUT2D eigenvalue weighted by atomic mass is 9.62. The molecule has 2 unspecified atom stereocenters. The van der Waals surface area contributed by atoms with Crippen molar-refractivity contribution in [2.24, 2.45) is 0 Å². The van der Waals surface area contributed by atoms with Gasteiger partial charge in [0, 0.05) is 47.6 Å². The monoisotopic (exact) mass is 635 g/mol. The van der Waals surface area contributed by atoms with E-state index >= 15 is 0 Å². The van der Waals surface area contributed by atoms with Gasteiger partial charge in [0.2, 0.25) is 0 Å². The number of para-hydroxylation sites is 1. The fourth-order valence-corrected chi connectivity index (χ4v) is 7.93. The van der Waals surface area contributed by atoms with Crippen molar-refractivity contribution in [2.75, 3.05) is 0 Å². The van der Waals surface area contributed by atoms with Gasteiger partial charge in [-0.3, -0.25) is 4.90 Å². The zero-order valence-electron chi connectivity index (χ0n) is 25.9. The van der Waals surface area contributed by atoms with E-state index in [0.717, 1.165) is 57.4 Å². The molecule has 2 atom stereocenters. The molecule has 7 rings (SSSR count). The molecule has 4 aromatic rings.